The average molecular weight is 118 g/mol. The zero-order valence-electron chi connectivity index (χ0n) is 6.44. The quantitative estimate of drug-likeness (QED) is 0.588. The van der Waals surface area contributed by atoms with E-state index in [-0.39, 0.29) is 0 Å². The largest absolute Gasteiger partial charge is 0.396 e. The molecular weight excluding hydrogens is 100 g/mol. The molecule has 0 aliphatic heterocycles. The van der Waals surface area contributed by atoms with E-state index in [2.05, 4.69) is 6.92 Å². The maximum Gasteiger partial charge on any atom is 0.0456 e. The molecule has 0 bridgehead atoms. The number of hydrogen-bond donors (Lipinski definition) is 1. The SMILES string of the molecule is CC.CC[C@H](C)CO. The van der Waals surface area contributed by atoms with Crippen LogP contribution < -0.4 is 0 Å². The Morgan fingerprint density at radius 3 is 1.75 bits per heavy atom. The van der Waals surface area contributed by atoms with Crippen LogP contribution in [0.1, 0.15) is 34.1 Å². The molecule has 0 aromatic heterocycles. The zero-order chi connectivity index (χ0) is 6.99. The van der Waals surface area contributed by atoms with E-state index < -0.39 is 0 Å². The maximum atomic E-state index is 8.33. The molecule has 0 aliphatic rings. The summed E-state index contributed by atoms with van der Waals surface area (Å²) >= 11 is 0. The number of aliphatic hydroxyl groups excluding tert-OH is 1. The summed E-state index contributed by atoms with van der Waals surface area (Å²) in [4.78, 5) is 0. The highest BCUT2D eigenvalue weighted by molar-refractivity contribution is 4.41. The van der Waals surface area contributed by atoms with Crippen molar-refractivity contribution < 1.29 is 5.11 Å². The molecule has 0 unspecified atom stereocenters. The van der Waals surface area contributed by atoms with Gasteiger partial charge in [-0.3, -0.25) is 0 Å². The topological polar surface area (TPSA) is 20.2 Å². The van der Waals surface area contributed by atoms with Crippen molar-refractivity contribution in [3.63, 3.8) is 0 Å². The van der Waals surface area contributed by atoms with E-state index in [9.17, 15) is 0 Å². The van der Waals surface area contributed by atoms with Crippen LogP contribution in [0.3, 0.4) is 0 Å². The molecule has 0 amide bonds. The van der Waals surface area contributed by atoms with Gasteiger partial charge in [0.15, 0.2) is 0 Å². The normalized spacial score (nSPS) is 11.6. The third-order valence-corrected chi connectivity index (χ3v) is 1.01. The van der Waals surface area contributed by atoms with Gasteiger partial charge in [0.1, 0.15) is 0 Å². The van der Waals surface area contributed by atoms with Gasteiger partial charge in [-0.25, -0.2) is 0 Å². The van der Waals surface area contributed by atoms with Crippen molar-refractivity contribution >= 4 is 0 Å². The summed E-state index contributed by atoms with van der Waals surface area (Å²) < 4.78 is 0. The summed E-state index contributed by atoms with van der Waals surface area (Å²) in [7, 11) is 0. The van der Waals surface area contributed by atoms with Crippen LogP contribution in [-0.4, -0.2) is 11.7 Å². The monoisotopic (exact) mass is 118 g/mol. The van der Waals surface area contributed by atoms with Crippen LogP contribution in [0.4, 0.5) is 0 Å². The van der Waals surface area contributed by atoms with Crippen LogP contribution in [0.5, 0.6) is 0 Å². The van der Waals surface area contributed by atoms with Gasteiger partial charge in [-0.2, -0.15) is 0 Å². The van der Waals surface area contributed by atoms with E-state index in [4.69, 9.17) is 5.11 Å². The van der Waals surface area contributed by atoms with Gasteiger partial charge in [-0.15, -0.1) is 0 Å². The first kappa shape index (κ1) is 10.9. The molecule has 52 valence electrons. The smallest absolute Gasteiger partial charge is 0.0456 e. The van der Waals surface area contributed by atoms with Crippen LogP contribution in [0.2, 0.25) is 0 Å². The lowest BCUT2D eigenvalue weighted by Crippen LogP contribution is -1.96. The average Bonchev–Trinajstić information content (AvgIpc) is 1.91. The van der Waals surface area contributed by atoms with E-state index in [0.717, 1.165) is 6.42 Å². The summed E-state index contributed by atoms with van der Waals surface area (Å²) in [6.07, 6.45) is 1.08. The summed E-state index contributed by atoms with van der Waals surface area (Å²) in [5.74, 6) is 0.491. The molecule has 0 aromatic carbocycles. The molecule has 1 nitrogen and oxygen atoms in total. The minimum Gasteiger partial charge on any atom is -0.396 e. The Morgan fingerprint density at radius 1 is 1.38 bits per heavy atom. The fourth-order valence-electron chi connectivity index (χ4n) is 0.129. The molecule has 1 N–H and O–H groups in total. The minimum absolute atomic E-state index is 0.330. The third kappa shape index (κ3) is 9.35. The van der Waals surface area contributed by atoms with Crippen molar-refractivity contribution in [3.8, 4) is 0 Å². The lowest BCUT2D eigenvalue weighted by Gasteiger charge is -1.98. The predicted octanol–water partition coefficient (Wildman–Crippen LogP) is 2.05. The molecule has 1 atom stereocenters. The summed E-state index contributed by atoms with van der Waals surface area (Å²) in [6, 6.07) is 0. The molecule has 0 rings (SSSR count). The van der Waals surface area contributed by atoms with Gasteiger partial charge in [0, 0.05) is 6.61 Å². The van der Waals surface area contributed by atoms with E-state index in [1.54, 1.807) is 0 Å². The maximum absolute atomic E-state index is 8.33. The van der Waals surface area contributed by atoms with E-state index in [1.807, 2.05) is 20.8 Å². The summed E-state index contributed by atoms with van der Waals surface area (Å²) in [5.41, 5.74) is 0. The lowest BCUT2D eigenvalue weighted by molar-refractivity contribution is 0.234. The fourth-order valence-corrected chi connectivity index (χ4v) is 0.129. The fraction of sp³-hybridized carbons (Fsp3) is 1.00. The molecule has 0 fully saturated rings. The Balaban J connectivity index is 0. The van der Waals surface area contributed by atoms with E-state index in [1.165, 1.54) is 0 Å². The van der Waals surface area contributed by atoms with Crippen molar-refractivity contribution in [1.82, 2.24) is 0 Å². The Bertz CT molecular complexity index is 23.6. The van der Waals surface area contributed by atoms with Gasteiger partial charge < -0.3 is 5.11 Å². The van der Waals surface area contributed by atoms with Gasteiger partial charge in [0.05, 0.1) is 0 Å². The molecule has 0 aliphatic carbocycles. The Kier molecular flexibility index (Phi) is 13.6. The Labute approximate surface area is 52.7 Å². The van der Waals surface area contributed by atoms with Crippen LogP contribution in [-0.2, 0) is 0 Å². The van der Waals surface area contributed by atoms with Crippen LogP contribution >= 0.6 is 0 Å². The lowest BCUT2D eigenvalue weighted by atomic mass is 10.1. The standard InChI is InChI=1S/C5H12O.C2H6/c1-3-5(2)4-6;1-2/h5-6H,3-4H2,1-2H3;1-2H3/t5-;/m0./s1. The van der Waals surface area contributed by atoms with Gasteiger partial charge in [-0.1, -0.05) is 34.1 Å². The molecule has 8 heavy (non-hydrogen) atoms. The molecular formula is C7H18O. The van der Waals surface area contributed by atoms with Gasteiger partial charge in [0.25, 0.3) is 0 Å². The number of aliphatic hydroxyl groups is 1. The number of rotatable bonds is 2. The highest BCUT2D eigenvalue weighted by Crippen LogP contribution is 1.95. The Hall–Kier alpha value is -0.0400. The minimum atomic E-state index is 0.330. The van der Waals surface area contributed by atoms with Crippen LogP contribution in [0, 0.1) is 5.92 Å². The van der Waals surface area contributed by atoms with E-state index in [0.29, 0.717) is 12.5 Å². The van der Waals surface area contributed by atoms with Crippen molar-refractivity contribution in [2.45, 2.75) is 34.1 Å². The molecule has 0 saturated heterocycles. The second-order valence-electron chi connectivity index (χ2n) is 1.70. The molecule has 0 aromatic rings. The van der Waals surface area contributed by atoms with Gasteiger partial charge >= 0.3 is 0 Å². The van der Waals surface area contributed by atoms with Gasteiger partial charge in [0.2, 0.25) is 0 Å². The first-order chi connectivity index (χ1) is 3.81. The van der Waals surface area contributed by atoms with Crippen molar-refractivity contribution in [1.29, 1.82) is 0 Å². The first-order valence-corrected chi connectivity index (χ1v) is 3.42. The summed E-state index contributed by atoms with van der Waals surface area (Å²) in [5, 5.41) is 8.33. The van der Waals surface area contributed by atoms with Crippen molar-refractivity contribution in [3.05, 3.63) is 0 Å². The van der Waals surface area contributed by atoms with Crippen molar-refractivity contribution in [2.24, 2.45) is 5.92 Å². The highest BCUT2D eigenvalue weighted by Gasteiger charge is 1.90. The first-order valence-electron chi connectivity index (χ1n) is 3.42. The zero-order valence-corrected chi connectivity index (χ0v) is 6.44. The summed E-state index contributed by atoms with van der Waals surface area (Å²) in [6.45, 7) is 8.43. The molecule has 0 spiro atoms. The van der Waals surface area contributed by atoms with Crippen LogP contribution in [0.25, 0.3) is 0 Å². The van der Waals surface area contributed by atoms with Gasteiger partial charge in [-0.05, 0) is 5.92 Å². The second-order valence-corrected chi connectivity index (χ2v) is 1.70. The highest BCUT2D eigenvalue weighted by atomic mass is 16.3. The van der Waals surface area contributed by atoms with E-state index >= 15 is 0 Å². The second kappa shape index (κ2) is 10.0. The van der Waals surface area contributed by atoms with Crippen LogP contribution in [0.15, 0.2) is 0 Å². The molecule has 0 radical (unpaired) electrons. The number of hydrogen-bond acceptors (Lipinski definition) is 1. The molecule has 0 saturated carbocycles. The Morgan fingerprint density at radius 2 is 1.75 bits per heavy atom. The predicted molar refractivity (Wildman–Crippen MR) is 37.9 cm³/mol. The molecule has 1 heteroatoms. The van der Waals surface area contributed by atoms with Crippen molar-refractivity contribution in [2.75, 3.05) is 6.61 Å². The molecule has 0 heterocycles. The third-order valence-electron chi connectivity index (χ3n) is 1.01.